The monoisotopic (exact) mass is 333 g/mol. The lowest BCUT2D eigenvalue weighted by molar-refractivity contribution is 0.0378. The van der Waals surface area contributed by atoms with Crippen LogP contribution in [0.1, 0.15) is 35.5 Å². The second-order valence-corrected chi connectivity index (χ2v) is 5.47. The molecule has 0 saturated heterocycles. The van der Waals surface area contributed by atoms with Crippen molar-refractivity contribution in [1.82, 2.24) is 9.97 Å². The summed E-state index contributed by atoms with van der Waals surface area (Å²) in [6.45, 7) is 5.00. The van der Waals surface area contributed by atoms with Gasteiger partial charge in [0.15, 0.2) is 0 Å². The summed E-state index contributed by atoms with van der Waals surface area (Å²) < 4.78 is 19.4. The van der Waals surface area contributed by atoms with Gasteiger partial charge < -0.3 is 4.74 Å². The normalized spacial score (nSPS) is 10.5. The molecule has 0 bridgehead atoms. The van der Waals surface area contributed by atoms with Crippen LogP contribution in [0.25, 0.3) is 11.3 Å². The molecule has 0 saturated carbocycles. The van der Waals surface area contributed by atoms with Crippen LogP contribution in [0.15, 0.2) is 18.5 Å². The van der Waals surface area contributed by atoms with E-state index in [0.29, 0.717) is 5.69 Å². The molecule has 118 valence electrons. The Bertz CT molecular complexity index is 816. The Labute approximate surface area is 137 Å². The van der Waals surface area contributed by atoms with E-state index in [9.17, 15) is 14.4 Å². The average molecular weight is 334 g/mol. The molecule has 0 radical (unpaired) electrons. The van der Waals surface area contributed by atoms with Gasteiger partial charge in [-0.3, -0.25) is 0 Å². The lowest BCUT2D eigenvalue weighted by Gasteiger charge is -2.12. The molecule has 1 aromatic heterocycles. The molecule has 23 heavy (non-hydrogen) atoms. The Hall–Kier alpha value is -2.52. The van der Waals surface area contributed by atoms with Crippen molar-refractivity contribution in [3.05, 3.63) is 46.1 Å². The third-order valence-corrected chi connectivity index (χ3v) is 3.34. The summed E-state index contributed by atoms with van der Waals surface area (Å²) in [5.41, 5.74) is 0.659. The SMILES string of the molecule is Cc1ncnc(-c2cc(C(=O)OC(C)C)c(Cl)cc2F)c1C#N. The number of nitrogens with zero attached hydrogens (tertiary/aromatic N) is 3. The standard InChI is InChI=1S/C16H13ClFN3O2/c1-8(2)23-16(22)10-4-11(14(18)5-13(10)17)15-12(6-19)9(3)20-7-21-15/h4-5,7-8H,1-3H3. The zero-order valence-corrected chi connectivity index (χ0v) is 13.5. The molecule has 0 aliphatic rings. The summed E-state index contributed by atoms with van der Waals surface area (Å²) in [6.07, 6.45) is 0.883. The second kappa shape index (κ2) is 6.71. The number of benzene rings is 1. The van der Waals surface area contributed by atoms with Crippen LogP contribution >= 0.6 is 11.6 Å². The molecular weight excluding hydrogens is 321 g/mol. The van der Waals surface area contributed by atoms with Crippen molar-refractivity contribution in [3.8, 4) is 17.3 Å². The minimum Gasteiger partial charge on any atom is -0.459 e. The summed E-state index contributed by atoms with van der Waals surface area (Å²) in [4.78, 5) is 19.9. The first-order valence-corrected chi connectivity index (χ1v) is 7.15. The number of nitriles is 1. The van der Waals surface area contributed by atoms with E-state index in [1.807, 2.05) is 6.07 Å². The first kappa shape index (κ1) is 16.8. The molecule has 2 rings (SSSR count). The molecule has 0 aliphatic carbocycles. The first-order valence-electron chi connectivity index (χ1n) is 6.77. The van der Waals surface area contributed by atoms with Gasteiger partial charge in [0, 0.05) is 5.56 Å². The van der Waals surface area contributed by atoms with E-state index in [1.54, 1.807) is 20.8 Å². The predicted molar refractivity (Wildman–Crippen MR) is 82.4 cm³/mol. The fourth-order valence-electron chi connectivity index (χ4n) is 1.98. The van der Waals surface area contributed by atoms with Crippen LogP contribution < -0.4 is 0 Å². The van der Waals surface area contributed by atoms with Crippen molar-refractivity contribution < 1.29 is 13.9 Å². The molecular formula is C16H13ClFN3O2. The maximum Gasteiger partial charge on any atom is 0.339 e. The summed E-state index contributed by atoms with van der Waals surface area (Å²) in [5.74, 6) is -1.36. The fourth-order valence-corrected chi connectivity index (χ4v) is 2.20. The van der Waals surface area contributed by atoms with E-state index >= 15 is 0 Å². The van der Waals surface area contributed by atoms with E-state index < -0.39 is 11.8 Å². The number of hydrogen-bond donors (Lipinski definition) is 0. The number of rotatable bonds is 3. The minimum absolute atomic E-state index is 0.00726. The Morgan fingerprint density at radius 3 is 2.70 bits per heavy atom. The molecule has 0 amide bonds. The quantitative estimate of drug-likeness (QED) is 0.801. The Morgan fingerprint density at radius 2 is 2.09 bits per heavy atom. The second-order valence-electron chi connectivity index (χ2n) is 5.06. The maximum absolute atomic E-state index is 14.3. The van der Waals surface area contributed by atoms with Crippen molar-refractivity contribution in [3.63, 3.8) is 0 Å². The van der Waals surface area contributed by atoms with E-state index in [1.165, 1.54) is 12.4 Å². The number of halogens is 2. The van der Waals surface area contributed by atoms with Crippen molar-refractivity contribution in [1.29, 1.82) is 5.26 Å². The molecule has 2 aromatic rings. The van der Waals surface area contributed by atoms with Crippen LogP contribution in [0.5, 0.6) is 0 Å². The van der Waals surface area contributed by atoms with Gasteiger partial charge in [0.05, 0.1) is 33.6 Å². The lowest BCUT2D eigenvalue weighted by Crippen LogP contribution is -2.12. The van der Waals surface area contributed by atoms with Crippen molar-refractivity contribution >= 4 is 17.6 Å². The Kier molecular flexibility index (Phi) is 4.92. The summed E-state index contributed by atoms with van der Waals surface area (Å²) in [6, 6.07) is 4.19. The van der Waals surface area contributed by atoms with Crippen LogP contribution in [-0.4, -0.2) is 22.0 Å². The molecule has 0 aliphatic heterocycles. The third kappa shape index (κ3) is 3.46. The third-order valence-electron chi connectivity index (χ3n) is 3.02. The van der Waals surface area contributed by atoms with Crippen LogP contribution in [0, 0.1) is 24.1 Å². The van der Waals surface area contributed by atoms with Gasteiger partial charge in [-0.1, -0.05) is 11.6 Å². The number of carbonyl (C=O) groups is 1. The largest absolute Gasteiger partial charge is 0.459 e. The summed E-state index contributed by atoms with van der Waals surface area (Å²) >= 11 is 5.93. The molecule has 0 spiro atoms. The lowest BCUT2D eigenvalue weighted by atomic mass is 10.0. The first-order chi connectivity index (χ1) is 10.8. The molecule has 1 heterocycles. The van der Waals surface area contributed by atoms with Crippen LogP contribution in [0.2, 0.25) is 5.02 Å². The van der Waals surface area contributed by atoms with E-state index in [0.717, 1.165) is 6.07 Å². The highest BCUT2D eigenvalue weighted by molar-refractivity contribution is 6.33. The topological polar surface area (TPSA) is 75.9 Å². The molecule has 1 aromatic carbocycles. The van der Waals surface area contributed by atoms with Gasteiger partial charge in [0.1, 0.15) is 18.2 Å². The highest BCUT2D eigenvalue weighted by atomic mass is 35.5. The van der Waals surface area contributed by atoms with E-state index in [2.05, 4.69) is 9.97 Å². The smallest absolute Gasteiger partial charge is 0.339 e. The fraction of sp³-hybridized carbons (Fsp3) is 0.250. The number of aromatic nitrogens is 2. The van der Waals surface area contributed by atoms with Gasteiger partial charge in [-0.25, -0.2) is 19.2 Å². The molecule has 7 heteroatoms. The maximum atomic E-state index is 14.3. The van der Waals surface area contributed by atoms with Gasteiger partial charge in [-0.15, -0.1) is 0 Å². The molecule has 0 atom stereocenters. The molecule has 5 nitrogen and oxygen atoms in total. The highest BCUT2D eigenvalue weighted by Gasteiger charge is 2.21. The van der Waals surface area contributed by atoms with Gasteiger partial charge in [0.25, 0.3) is 0 Å². The molecule has 0 unspecified atom stereocenters. The average Bonchev–Trinajstić information content (AvgIpc) is 2.46. The number of aryl methyl sites for hydroxylation is 1. The Balaban J connectivity index is 2.64. The number of esters is 1. The van der Waals surface area contributed by atoms with Gasteiger partial charge >= 0.3 is 5.97 Å². The van der Waals surface area contributed by atoms with Crippen LogP contribution in [-0.2, 0) is 4.74 Å². The highest BCUT2D eigenvalue weighted by Crippen LogP contribution is 2.30. The summed E-state index contributed by atoms with van der Waals surface area (Å²) in [5, 5.41) is 9.17. The minimum atomic E-state index is -0.689. The number of ether oxygens (including phenoxy) is 1. The zero-order valence-electron chi connectivity index (χ0n) is 12.7. The van der Waals surface area contributed by atoms with E-state index in [-0.39, 0.29) is 33.5 Å². The van der Waals surface area contributed by atoms with Crippen LogP contribution in [0.3, 0.4) is 0 Å². The van der Waals surface area contributed by atoms with Crippen LogP contribution in [0.4, 0.5) is 4.39 Å². The number of hydrogen-bond acceptors (Lipinski definition) is 5. The van der Waals surface area contributed by atoms with Crippen molar-refractivity contribution in [2.75, 3.05) is 0 Å². The molecule has 0 N–H and O–H groups in total. The number of carbonyl (C=O) groups excluding carboxylic acids is 1. The van der Waals surface area contributed by atoms with E-state index in [4.69, 9.17) is 16.3 Å². The predicted octanol–water partition coefficient (Wildman–Crippen LogP) is 3.68. The Morgan fingerprint density at radius 1 is 1.39 bits per heavy atom. The summed E-state index contributed by atoms with van der Waals surface area (Å²) in [7, 11) is 0. The van der Waals surface area contributed by atoms with Gasteiger partial charge in [-0.05, 0) is 32.9 Å². The van der Waals surface area contributed by atoms with Crippen molar-refractivity contribution in [2.24, 2.45) is 0 Å². The molecule has 0 fully saturated rings. The van der Waals surface area contributed by atoms with Crippen molar-refractivity contribution in [2.45, 2.75) is 26.9 Å². The van der Waals surface area contributed by atoms with Gasteiger partial charge in [-0.2, -0.15) is 5.26 Å². The zero-order chi connectivity index (χ0) is 17.1. The van der Waals surface area contributed by atoms with Gasteiger partial charge in [0.2, 0.25) is 0 Å².